The van der Waals surface area contributed by atoms with Crippen molar-refractivity contribution in [3.05, 3.63) is 54.1 Å². The molecule has 2 aromatic heterocycles. The maximum absolute atomic E-state index is 4.74. The third kappa shape index (κ3) is 3.08. The number of hydrogen-bond donors (Lipinski definition) is 1. The van der Waals surface area contributed by atoms with Crippen LogP contribution in [0.15, 0.2) is 42.7 Å². The van der Waals surface area contributed by atoms with Gasteiger partial charge in [0.15, 0.2) is 0 Å². The lowest BCUT2D eigenvalue weighted by Crippen LogP contribution is -2.24. The number of benzene rings is 1. The Bertz CT molecular complexity index is 734. The Labute approximate surface area is 124 Å². The minimum absolute atomic E-state index is 0.127. The number of aromatic nitrogens is 4. The smallest absolute Gasteiger partial charge is 0.0890 e. The molecule has 21 heavy (non-hydrogen) atoms. The Morgan fingerprint density at radius 1 is 1.19 bits per heavy atom. The highest BCUT2D eigenvalue weighted by molar-refractivity contribution is 5.73. The number of nitrogens with one attached hydrogen (secondary N) is 1. The average molecular weight is 281 g/mol. The number of fused-ring (bicyclic) bond motifs is 1. The van der Waals surface area contributed by atoms with Gasteiger partial charge in [-0.2, -0.15) is 5.10 Å². The fourth-order valence-electron chi connectivity index (χ4n) is 2.45. The Morgan fingerprint density at radius 3 is 2.71 bits per heavy atom. The van der Waals surface area contributed by atoms with E-state index >= 15 is 0 Å². The summed E-state index contributed by atoms with van der Waals surface area (Å²) in [6.07, 6.45) is 4.63. The molecule has 0 spiro atoms. The van der Waals surface area contributed by atoms with E-state index in [2.05, 4.69) is 22.3 Å². The first kappa shape index (κ1) is 13.7. The molecule has 1 N–H and O–H groups in total. The van der Waals surface area contributed by atoms with Crippen molar-refractivity contribution in [2.75, 3.05) is 6.54 Å². The third-order valence-electron chi connectivity index (χ3n) is 3.46. The summed E-state index contributed by atoms with van der Waals surface area (Å²) in [4.78, 5) is 9.24. The molecule has 0 saturated carbocycles. The number of rotatable bonds is 5. The van der Waals surface area contributed by atoms with Gasteiger partial charge in [0.2, 0.25) is 0 Å². The maximum atomic E-state index is 4.74. The van der Waals surface area contributed by atoms with E-state index in [1.54, 1.807) is 0 Å². The molecule has 1 atom stereocenters. The molecule has 5 heteroatoms. The molecule has 0 aliphatic rings. The van der Waals surface area contributed by atoms with Gasteiger partial charge in [-0.15, -0.1) is 0 Å². The fraction of sp³-hybridized carbons (Fsp3) is 0.312. The molecule has 3 rings (SSSR count). The van der Waals surface area contributed by atoms with Crippen LogP contribution in [-0.2, 0) is 13.5 Å². The van der Waals surface area contributed by atoms with Crippen molar-refractivity contribution in [2.24, 2.45) is 7.05 Å². The van der Waals surface area contributed by atoms with E-state index in [0.717, 1.165) is 35.4 Å². The number of nitrogens with zero attached hydrogens (tertiary/aromatic N) is 4. The highest BCUT2D eigenvalue weighted by Crippen LogP contribution is 2.17. The molecule has 0 saturated heterocycles. The van der Waals surface area contributed by atoms with E-state index in [4.69, 9.17) is 4.98 Å². The van der Waals surface area contributed by atoms with Crippen LogP contribution in [0.4, 0.5) is 0 Å². The van der Waals surface area contributed by atoms with Crippen LogP contribution >= 0.6 is 0 Å². The second kappa shape index (κ2) is 6.01. The Balaban J connectivity index is 1.90. The number of aryl methyl sites for hydroxylation is 1. The zero-order valence-corrected chi connectivity index (χ0v) is 12.3. The summed E-state index contributed by atoms with van der Waals surface area (Å²) in [6, 6.07) is 10.1. The van der Waals surface area contributed by atoms with Crippen LogP contribution in [0, 0.1) is 0 Å². The molecule has 0 amide bonds. The molecule has 108 valence electrons. The van der Waals surface area contributed by atoms with E-state index in [9.17, 15) is 0 Å². The van der Waals surface area contributed by atoms with E-state index in [1.165, 1.54) is 0 Å². The van der Waals surface area contributed by atoms with Crippen LogP contribution in [0.5, 0.6) is 0 Å². The van der Waals surface area contributed by atoms with Gasteiger partial charge in [0.05, 0.1) is 34.7 Å². The molecule has 0 aliphatic carbocycles. The van der Waals surface area contributed by atoms with Gasteiger partial charge in [-0.05, 0) is 24.7 Å². The molecule has 2 heterocycles. The molecule has 1 aromatic carbocycles. The average Bonchev–Trinajstić information content (AvgIpc) is 2.91. The second-order valence-corrected chi connectivity index (χ2v) is 5.08. The number of likely N-dealkylation sites (N-methyl/N-ethyl adjacent to an activating group) is 1. The van der Waals surface area contributed by atoms with Gasteiger partial charge in [0.25, 0.3) is 0 Å². The summed E-state index contributed by atoms with van der Waals surface area (Å²) in [6.45, 7) is 2.98. The molecule has 0 radical (unpaired) electrons. The van der Waals surface area contributed by atoms with Crippen LogP contribution in [0.3, 0.4) is 0 Å². The zero-order valence-electron chi connectivity index (χ0n) is 12.3. The summed E-state index contributed by atoms with van der Waals surface area (Å²) in [5.74, 6) is 0. The minimum Gasteiger partial charge on any atom is -0.309 e. The van der Waals surface area contributed by atoms with Gasteiger partial charge in [0, 0.05) is 19.7 Å². The van der Waals surface area contributed by atoms with Crippen molar-refractivity contribution >= 4 is 11.0 Å². The summed E-state index contributed by atoms with van der Waals surface area (Å²) >= 11 is 0. The Morgan fingerprint density at radius 2 is 2.00 bits per heavy atom. The first-order chi connectivity index (χ1) is 10.3. The summed E-state index contributed by atoms with van der Waals surface area (Å²) in [5, 5.41) is 7.92. The third-order valence-corrected chi connectivity index (χ3v) is 3.46. The molecule has 0 fully saturated rings. The van der Waals surface area contributed by atoms with Crippen molar-refractivity contribution in [3.63, 3.8) is 0 Å². The fourth-order valence-corrected chi connectivity index (χ4v) is 2.45. The highest BCUT2D eigenvalue weighted by atomic mass is 15.2. The van der Waals surface area contributed by atoms with Crippen LogP contribution in [0.2, 0.25) is 0 Å². The predicted molar refractivity (Wildman–Crippen MR) is 82.9 cm³/mol. The minimum atomic E-state index is 0.127. The molecule has 1 unspecified atom stereocenters. The quantitative estimate of drug-likeness (QED) is 0.779. The molecular formula is C16H19N5. The van der Waals surface area contributed by atoms with Crippen molar-refractivity contribution in [1.29, 1.82) is 0 Å². The van der Waals surface area contributed by atoms with Crippen molar-refractivity contribution in [3.8, 4) is 0 Å². The molecule has 5 nitrogen and oxygen atoms in total. The van der Waals surface area contributed by atoms with Gasteiger partial charge in [-0.3, -0.25) is 9.67 Å². The lowest BCUT2D eigenvalue weighted by molar-refractivity contribution is 0.527. The monoisotopic (exact) mass is 281 g/mol. The lowest BCUT2D eigenvalue weighted by Gasteiger charge is -2.16. The van der Waals surface area contributed by atoms with Crippen LogP contribution in [0.1, 0.15) is 24.4 Å². The van der Waals surface area contributed by atoms with E-state index in [0.29, 0.717) is 0 Å². The summed E-state index contributed by atoms with van der Waals surface area (Å²) in [5.41, 5.74) is 3.87. The van der Waals surface area contributed by atoms with Crippen molar-refractivity contribution < 1.29 is 0 Å². The summed E-state index contributed by atoms with van der Waals surface area (Å²) in [7, 11) is 1.93. The van der Waals surface area contributed by atoms with Gasteiger partial charge in [-0.25, -0.2) is 4.98 Å². The van der Waals surface area contributed by atoms with Crippen molar-refractivity contribution in [2.45, 2.75) is 19.4 Å². The number of hydrogen-bond acceptors (Lipinski definition) is 4. The van der Waals surface area contributed by atoms with Crippen LogP contribution < -0.4 is 5.32 Å². The SMILES string of the molecule is CCNC(Cc1ccn(C)n1)c1cnc2ccccc2n1. The zero-order chi connectivity index (χ0) is 14.7. The first-order valence-corrected chi connectivity index (χ1v) is 7.20. The topological polar surface area (TPSA) is 55.6 Å². The van der Waals surface area contributed by atoms with E-state index in [-0.39, 0.29) is 6.04 Å². The highest BCUT2D eigenvalue weighted by Gasteiger charge is 2.15. The molecular weight excluding hydrogens is 262 g/mol. The van der Waals surface area contributed by atoms with Crippen molar-refractivity contribution in [1.82, 2.24) is 25.1 Å². The Hall–Kier alpha value is -2.27. The Kier molecular flexibility index (Phi) is 3.92. The molecule has 0 aliphatic heterocycles. The van der Waals surface area contributed by atoms with E-state index < -0.39 is 0 Å². The van der Waals surface area contributed by atoms with Gasteiger partial charge in [-0.1, -0.05) is 19.1 Å². The van der Waals surface area contributed by atoms with Crippen LogP contribution in [-0.4, -0.2) is 26.3 Å². The summed E-state index contributed by atoms with van der Waals surface area (Å²) < 4.78 is 1.82. The van der Waals surface area contributed by atoms with Gasteiger partial charge >= 0.3 is 0 Å². The number of para-hydroxylation sites is 2. The van der Waals surface area contributed by atoms with Gasteiger partial charge in [0.1, 0.15) is 0 Å². The first-order valence-electron chi connectivity index (χ1n) is 7.20. The molecule has 3 aromatic rings. The maximum Gasteiger partial charge on any atom is 0.0890 e. The largest absolute Gasteiger partial charge is 0.309 e. The molecule has 0 bridgehead atoms. The normalized spacial score (nSPS) is 12.7. The van der Waals surface area contributed by atoms with Gasteiger partial charge < -0.3 is 5.32 Å². The van der Waals surface area contributed by atoms with Crippen LogP contribution in [0.25, 0.3) is 11.0 Å². The standard InChI is InChI=1S/C16H19N5/c1-3-17-15(10-12-8-9-21(2)20-12)16-11-18-13-6-4-5-7-14(13)19-16/h4-9,11,15,17H,3,10H2,1-2H3. The lowest BCUT2D eigenvalue weighted by atomic mass is 10.1. The second-order valence-electron chi connectivity index (χ2n) is 5.08. The predicted octanol–water partition coefficient (Wildman–Crippen LogP) is 2.26. The van der Waals surface area contributed by atoms with E-state index in [1.807, 2.05) is 54.5 Å².